The smallest absolute Gasteiger partial charge is 0.187 e. The van der Waals surface area contributed by atoms with Crippen LogP contribution < -0.4 is 0 Å². The van der Waals surface area contributed by atoms with Crippen molar-refractivity contribution in [2.75, 3.05) is 0 Å². The molecule has 5 heteroatoms. The van der Waals surface area contributed by atoms with Crippen molar-refractivity contribution in [2.45, 2.75) is 10.9 Å². The number of aromatic nitrogens is 2. The summed E-state index contributed by atoms with van der Waals surface area (Å²) < 4.78 is 13.1. The normalized spacial score (nSPS) is 9.88. The molecule has 3 nitrogen and oxygen atoms in total. The number of nitrogens with zero attached hydrogens (tertiary/aromatic N) is 3. The molecular formula is C12H8FN3S. The molecule has 0 saturated carbocycles. The van der Waals surface area contributed by atoms with Gasteiger partial charge in [-0.15, -0.1) is 0 Å². The number of nitriles is 1. The minimum absolute atomic E-state index is 0.339. The molecule has 0 aliphatic heterocycles. The minimum Gasteiger partial charge on any atom is -0.231 e. The molecular weight excluding hydrogens is 237 g/mol. The number of thioether (sulfide) groups is 1. The van der Waals surface area contributed by atoms with Gasteiger partial charge < -0.3 is 0 Å². The standard InChI is InChI=1S/C12H8FN3S/c13-11-3-2-9(7-14)10(6-11)8-17-12-15-4-1-5-16-12/h1-6H,8H2. The lowest BCUT2D eigenvalue weighted by Gasteiger charge is -2.02. The lowest BCUT2D eigenvalue weighted by atomic mass is 10.1. The summed E-state index contributed by atoms with van der Waals surface area (Å²) in [4.78, 5) is 8.09. The second-order valence-electron chi connectivity index (χ2n) is 3.23. The third-order valence-corrected chi connectivity index (χ3v) is 3.01. The van der Waals surface area contributed by atoms with Crippen molar-refractivity contribution in [1.82, 2.24) is 9.97 Å². The van der Waals surface area contributed by atoms with Gasteiger partial charge in [-0.05, 0) is 29.8 Å². The van der Waals surface area contributed by atoms with Crippen LogP contribution in [0.2, 0.25) is 0 Å². The zero-order valence-corrected chi connectivity index (χ0v) is 9.62. The van der Waals surface area contributed by atoms with E-state index >= 15 is 0 Å². The monoisotopic (exact) mass is 245 g/mol. The van der Waals surface area contributed by atoms with E-state index in [0.717, 1.165) is 0 Å². The van der Waals surface area contributed by atoms with Crippen molar-refractivity contribution in [3.05, 3.63) is 53.6 Å². The maximum atomic E-state index is 13.1. The third-order valence-electron chi connectivity index (χ3n) is 2.09. The number of halogens is 1. The van der Waals surface area contributed by atoms with Gasteiger partial charge in [0.25, 0.3) is 0 Å². The van der Waals surface area contributed by atoms with Crippen LogP contribution in [0.25, 0.3) is 0 Å². The molecule has 0 unspecified atom stereocenters. The predicted octanol–water partition coefficient (Wildman–Crippen LogP) is 2.78. The van der Waals surface area contributed by atoms with E-state index in [-0.39, 0.29) is 5.82 Å². The number of benzene rings is 1. The van der Waals surface area contributed by atoms with Gasteiger partial charge in [0.15, 0.2) is 5.16 Å². The number of rotatable bonds is 3. The van der Waals surface area contributed by atoms with Crippen LogP contribution in [0.5, 0.6) is 0 Å². The fourth-order valence-electron chi connectivity index (χ4n) is 1.29. The molecule has 17 heavy (non-hydrogen) atoms. The summed E-state index contributed by atoms with van der Waals surface area (Å²) in [6, 6.07) is 7.90. The lowest BCUT2D eigenvalue weighted by Crippen LogP contribution is -1.91. The van der Waals surface area contributed by atoms with Crippen molar-refractivity contribution < 1.29 is 4.39 Å². The summed E-state index contributed by atoms with van der Waals surface area (Å²) in [5.41, 5.74) is 1.14. The molecule has 0 fully saturated rings. The maximum Gasteiger partial charge on any atom is 0.187 e. The van der Waals surface area contributed by atoms with Crippen LogP contribution in [-0.4, -0.2) is 9.97 Å². The maximum absolute atomic E-state index is 13.1. The van der Waals surface area contributed by atoms with Crippen LogP contribution >= 0.6 is 11.8 Å². The predicted molar refractivity (Wildman–Crippen MR) is 62.7 cm³/mol. The summed E-state index contributed by atoms with van der Waals surface area (Å²) in [5.74, 6) is 0.138. The molecule has 1 heterocycles. The molecule has 0 spiro atoms. The molecule has 2 rings (SSSR count). The molecule has 0 bridgehead atoms. The summed E-state index contributed by atoms with van der Waals surface area (Å²) >= 11 is 1.37. The molecule has 1 aromatic carbocycles. The van der Waals surface area contributed by atoms with Gasteiger partial charge in [0.1, 0.15) is 5.82 Å². The van der Waals surface area contributed by atoms with Crippen LogP contribution in [0.4, 0.5) is 4.39 Å². The van der Waals surface area contributed by atoms with Gasteiger partial charge >= 0.3 is 0 Å². The Morgan fingerprint density at radius 2 is 2.06 bits per heavy atom. The summed E-state index contributed by atoms with van der Waals surface area (Å²) in [5, 5.41) is 9.51. The summed E-state index contributed by atoms with van der Waals surface area (Å²) in [7, 11) is 0. The summed E-state index contributed by atoms with van der Waals surface area (Å²) in [6.45, 7) is 0. The topological polar surface area (TPSA) is 49.6 Å². The lowest BCUT2D eigenvalue weighted by molar-refractivity contribution is 0.626. The average Bonchev–Trinajstić information content (AvgIpc) is 2.38. The quantitative estimate of drug-likeness (QED) is 0.616. The first-order valence-electron chi connectivity index (χ1n) is 4.88. The van der Waals surface area contributed by atoms with Gasteiger partial charge in [0.05, 0.1) is 11.6 Å². The summed E-state index contributed by atoms with van der Waals surface area (Å²) in [6.07, 6.45) is 3.29. The zero-order valence-electron chi connectivity index (χ0n) is 8.80. The Morgan fingerprint density at radius 1 is 1.29 bits per heavy atom. The first-order chi connectivity index (χ1) is 8.29. The second kappa shape index (κ2) is 5.41. The molecule has 0 saturated heterocycles. The largest absolute Gasteiger partial charge is 0.231 e. The average molecular weight is 245 g/mol. The number of hydrogen-bond donors (Lipinski definition) is 0. The molecule has 1 aromatic heterocycles. The fourth-order valence-corrected chi connectivity index (χ4v) is 2.09. The van der Waals surface area contributed by atoms with Crippen LogP contribution in [0, 0.1) is 17.1 Å². The van der Waals surface area contributed by atoms with E-state index in [1.165, 1.54) is 30.0 Å². The molecule has 2 aromatic rings. The van der Waals surface area contributed by atoms with Crippen LogP contribution in [0.15, 0.2) is 41.8 Å². The Kier molecular flexibility index (Phi) is 3.68. The van der Waals surface area contributed by atoms with Crippen LogP contribution in [0.1, 0.15) is 11.1 Å². The molecule has 0 amide bonds. The van der Waals surface area contributed by atoms with Crippen LogP contribution in [0.3, 0.4) is 0 Å². The van der Waals surface area contributed by atoms with E-state index in [1.54, 1.807) is 18.5 Å². The van der Waals surface area contributed by atoms with Gasteiger partial charge in [-0.1, -0.05) is 11.8 Å². The van der Waals surface area contributed by atoms with Gasteiger partial charge in [0, 0.05) is 18.1 Å². The van der Waals surface area contributed by atoms with Gasteiger partial charge in [-0.25, -0.2) is 14.4 Å². The highest BCUT2D eigenvalue weighted by Gasteiger charge is 2.05. The molecule has 0 aliphatic carbocycles. The van der Waals surface area contributed by atoms with E-state index in [4.69, 9.17) is 5.26 Å². The molecule has 84 valence electrons. The van der Waals surface area contributed by atoms with Crippen molar-refractivity contribution in [1.29, 1.82) is 5.26 Å². The highest BCUT2D eigenvalue weighted by Crippen LogP contribution is 2.21. The van der Waals surface area contributed by atoms with E-state index in [2.05, 4.69) is 9.97 Å². The van der Waals surface area contributed by atoms with Gasteiger partial charge in [-0.2, -0.15) is 5.26 Å². The van der Waals surface area contributed by atoms with Crippen molar-refractivity contribution in [3.63, 3.8) is 0 Å². The Balaban J connectivity index is 2.14. The Hall–Kier alpha value is -1.93. The van der Waals surface area contributed by atoms with Crippen LogP contribution in [-0.2, 0) is 5.75 Å². The van der Waals surface area contributed by atoms with E-state index < -0.39 is 0 Å². The van der Waals surface area contributed by atoms with Crippen molar-refractivity contribution in [2.24, 2.45) is 0 Å². The Labute approximate surface area is 102 Å². The number of hydrogen-bond acceptors (Lipinski definition) is 4. The first kappa shape index (κ1) is 11.6. The molecule has 0 radical (unpaired) electrons. The van der Waals surface area contributed by atoms with Gasteiger partial charge in [0.2, 0.25) is 0 Å². The van der Waals surface area contributed by atoms with E-state index in [9.17, 15) is 4.39 Å². The van der Waals surface area contributed by atoms with E-state index in [1.807, 2.05) is 6.07 Å². The van der Waals surface area contributed by atoms with Crippen molar-refractivity contribution >= 4 is 11.8 Å². The van der Waals surface area contributed by atoms with Gasteiger partial charge in [-0.3, -0.25) is 0 Å². The molecule has 0 atom stereocenters. The zero-order chi connectivity index (χ0) is 12.1. The Morgan fingerprint density at radius 3 is 2.76 bits per heavy atom. The second-order valence-corrected chi connectivity index (χ2v) is 4.18. The fraction of sp³-hybridized carbons (Fsp3) is 0.0833. The highest BCUT2D eigenvalue weighted by molar-refractivity contribution is 7.98. The third kappa shape index (κ3) is 3.02. The Bertz CT molecular complexity index is 551. The minimum atomic E-state index is -0.339. The molecule has 0 aliphatic rings. The highest BCUT2D eigenvalue weighted by atomic mass is 32.2. The first-order valence-corrected chi connectivity index (χ1v) is 5.86. The van der Waals surface area contributed by atoms with E-state index in [0.29, 0.717) is 22.0 Å². The molecule has 0 N–H and O–H groups in total. The SMILES string of the molecule is N#Cc1ccc(F)cc1CSc1ncccn1. The van der Waals surface area contributed by atoms with Crippen molar-refractivity contribution in [3.8, 4) is 6.07 Å².